The average molecular weight is 266 g/mol. The number of carbonyl (C=O) groups is 2. The highest BCUT2D eigenvalue weighted by Crippen LogP contribution is 2.16. The van der Waals surface area contributed by atoms with Crippen molar-refractivity contribution in [3.63, 3.8) is 0 Å². The van der Waals surface area contributed by atoms with Gasteiger partial charge in [-0.15, -0.1) is 0 Å². The van der Waals surface area contributed by atoms with Crippen molar-refractivity contribution >= 4 is 17.7 Å². The van der Waals surface area contributed by atoms with Gasteiger partial charge in [0.15, 0.2) is 6.10 Å². The fraction of sp³-hybridized carbons (Fsp3) is 0.385. The lowest BCUT2D eigenvalue weighted by Crippen LogP contribution is -2.38. The molecule has 0 fully saturated rings. The van der Waals surface area contributed by atoms with E-state index in [1.165, 1.54) is 0 Å². The minimum absolute atomic E-state index is 0.336. The molecule has 1 aromatic carbocycles. The van der Waals surface area contributed by atoms with Crippen LogP contribution >= 0.6 is 0 Å². The van der Waals surface area contributed by atoms with E-state index in [1.54, 1.807) is 12.1 Å². The standard InChI is InChI=1S/C13H18N2O4/c1-2-5-9-6-3-4-7-10(9)15-13(19)14-8-11(16)12(17)18/h3-4,6-7,11,16H,2,5,8H2,1H3,(H,17,18)(H2,14,15,19)/t11-/m0/s1. The highest BCUT2D eigenvalue weighted by molar-refractivity contribution is 5.90. The number of carbonyl (C=O) groups excluding carboxylic acids is 1. The van der Waals surface area contributed by atoms with Gasteiger partial charge >= 0.3 is 12.0 Å². The monoisotopic (exact) mass is 266 g/mol. The summed E-state index contributed by atoms with van der Waals surface area (Å²) < 4.78 is 0. The number of carboxylic acids is 1. The summed E-state index contributed by atoms with van der Waals surface area (Å²) >= 11 is 0. The highest BCUT2D eigenvalue weighted by Gasteiger charge is 2.14. The third kappa shape index (κ3) is 4.97. The summed E-state index contributed by atoms with van der Waals surface area (Å²) in [7, 11) is 0. The van der Waals surface area contributed by atoms with E-state index < -0.39 is 18.1 Å². The van der Waals surface area contributed by atoms with Crippen molar-refractivity contribution in [3.05, 3.63) is 29.8 Å². The molecule has 0 aliphatic carbocycles. The quantitative estimate of drug-likeness (QED) is 0.622. The lowest BCUT2D eigenvalue weighted by atomic mass is 10.1. The minimum atomic E-state index is -1.60. The Labute approximate surface area is 111 Å². The van der Waals surface area contributed by atoms with Crippen LogP contribution in [0, 0.1) is 0 Å². The van der Waals surface area contributed by atoms with Crippen LogP contribution in [0.25, 0.3) is 0 Å². The zero-order valence-electron chi connectivity index (χ0n) is 10.7. The number of nitrogens with one attached hydrogen (secondary N) is 2. The smallest absolute Gasteiger partial charge is 0.334 e. The summed E-state index contributed by atoms with van der Waals surface area (Å²) in [6.45, 7) is 1.71. The molecule has 0 bridgehead atoms. The maximum atomic E-state index is 11.6. The van der Waals surface area contributed by atoms with Crippen molar-refractivity contribution < 1.29 is 19.8 Å². The second-order valence-electron chi connectivity index (χ2n) is 4.10. The highest BCUT2D eigenvalue weighted by atomic mass is 16.4. The van der Waals surface area contributed by atoms with Crippen molar-refractivity contribution in [2.75, 3.05) is 11.9 Å². The topological polar surface area (TPSA) is 98.7 Å². The molecule has 0 saturated carbocycles. The van der Waals surface area contributed by atoms with Gasteiger partial charge in [-0.2, -0.15) is 0 Å². The third-order valence-electron chi connectivity index (χ3n) is 2.53. The normalized spacial score (nSPS) is 11.7. The molecule has 0 aromatic heterocycles. The summed E-state index contributed by atoms with van der Waals surface area (Å²) in [5.74, 6) is -1.37. The number of hydrogen-bond donors (Lipinski definition) is 4. The summed E-state index contributed by atoms with van der Waals surface area (Å²) in [4.78, 5) is 22.0. The first kappa shape index (κ1) is 15.0. The average Bonchev–Trinajstić information content (AvgIpc) is 2.38. The van der Waals surface area contributed by atoms with Crippen molar-refractivity contribution in [1.82, 2.24) is 5.32 Å². The molecule has 1 atom stereocenters. The first-order valence-corrected chi connectivity index (χ1v) is 6.08. The van der Waals surface area contributed by atoms with Crippen molar-refractivity contribution in [3.8, 4) is 0 Å². The van der Waals surface area contributed by atoms with Gasteiger partial charge in [-0.05, 0) is 18.1 Å². The molecule has 4 N–H and O–H groups in total. The van der Waals surface area contributed by atoms with Crippen LogP contribution in [0.5, 0.6) is 0 Å². The molecule has 6 nitrogen and oxygen atoms in total. The van der Waals surface area contributed by atoms with Crippen molar-refractivity contribution in [2.45, 2.75) is 25.9 Å². The van der Waals surface area contributed by atoms with Gasteiger partial charge in [-0.25, -0.2) is 9.59 Å². The molecule has 0 unspecified atom stereocenters. The molecule has 1 rings (SSSR count). The van der Waals surface area contributed by atoms with E-state index in [0.29, 0.717) is 5.69 Å². The number of carboxylic acid groups (broad SMARTS) is 1. The van der Waals surface area contributed by atoms with Gasteiger partial charge in [0.05, 0.1) is 6.54 Å². The van der Waals surface area contributed by atoms with E-state index >= 15 is 0 Å². The van der Waals surface area contributed by atoms with E-state index in [2.05, 4.69) is 10.6 Å². The third-order valence-corrected chi connectivity index (χ3v) is 2.53. The van der Waals surface area contributed by atoms with Gasteiger partial charge in [0.2, 0.25) is 0 Å². The molecule has 6 heteroatoms. The van der Waals surface area contributed by atoms with Crippen LogP contribution in [-0.2, 0) is 11.2 Å². The van der Waals surface area contributed by atoms with Crippen molar-refractivity contribution in [2.24, 2.45) is 0 Å². The number of aliphatic hydroxyl groups is 1. The zero-order valence-corrected chi connectivity index (χ0v) is 10.7. The van der Waals surface area contributed by atoms with Crippen LogP contribution in [0.15, 0.2) is 24.3 Å². The number of rotatable bonds is 6. The number of aliphatic hydroxyl groups excluding tert-OH is 1. The summed E-state index contributed by atoms with van der Waals surface area (Å²) in [6.07, 6.45) is 0.198. The predicted octanol–water partition coefficient (Wildman–Crippen LogP) is 1.21. The van der Waals surface area contributed by atoms with Gasteiger partial charge in [0.25, 0.3) is 0 Å². The second-order valence-corrected chi connectivity index (χ2v) is 4.10. The molecule has 0 heterocycles. The van der Waals surface area contributed by atoms with E-state index in [4.69, 9.17) is 10.2 Å². The molecule has 0 aliphatic heterocycles. The van der Waals surface area contributed by atoms with Gasteiger partial charge in [0.1, 0.15) is 0 Å². The molecule has 2 amide bonds. The van der Waals surface area contributed by atoms with E-state index in [1.807, 2.05) is 19.1 Å². The van der Waals surface area contributed by atoms with Crippen LogP contribution in [0.2, 0.25) is 0 Å². The number of amides is 2. The van der Waals surface area contributed by atoms with E-state index in [0.717, 1.165) is 18.4 Å². The van der Waals surface area contributed by atoms with E-state index in [9.17, 15) is 9.59 Å². The first-order chi connectivity index (χ1) is 9.04. The SMILES string of the molecule is CCCc1ccccc1NC(=O)NC[C@H](O)C(=O)O. The predicted molar refractivity (Wildman–Crippen MR) is 71.1 cm³/mol. The van der Waals surface area contributed by atoms with Gasteiger partial charge in [-0.3, -0.25) is 0 Å². The van der Waals surface area contributed by atoms with Crippen LogP contribution in [0.4, 0.5) is 10.5 Å². The lowest BCUT2D eigenvalue weighted by molar-refractivity contribution is -0.146. The maximum Gasteiger partial charge on any atom is 0.334 e. The van der Waals surface area contributed by atoms with Crippen LogP contribution < -0.4 is 10.6 Å². The van der Waals surface area contributed by atoms with Gasteiger partial charge in [0, 0.05) is 5.69 Å². The Morgan fingerprint density at radius 3 is 2.63 bits per heavy atom. The molecule has 0 aliphatic rings. The molecule has 0 spiro atoms. The Morgan fingerprint density at radius 2 is 2.00 bits per heavy atom. The van der Waals surface area contributed by atoms with Gasteiger partial charge in [-0.1, -0.05) is 31.5 Å². The molecule has 0 saturated heterocycles. The molecule has 19 heavy (non-hydrogen) atoms. The number of anilines is 1. The molecular weight excluding hydrogens is 248 g/mol. The Bertz CT molecular complexity index is 448. The molecule has 104 valence electrons. The summed E-state index contributed by atoms with van der Waals surface area (Å²) in [5.41, 5.74) is 1.70. The van der Waals surface area contributed by atoms with Crippen LogP contribution in [0.3, 0.4) is 0 Å². The molecule has 1 aromatic rings. The second kappa shape index (κ2) is 7.38. The van der Waals surface area contributed by atoms with Crippen molar-refractivity contribution in [1.29, 1.82) is 0 Å². The molecular formula is C13H18N2O4. The Kier molecular flexibility index (Phi) is 5.81. The van der Waals surface area contributed by atoms with Crippen LogP contribution in [0.1, 0.15) is 18.9 Å². The number of benzene rings is 1. The minimum Gasteiger partial charge on any atom is -0.479 e. The number of aliphatic carboxylic acids is 1. The number of aryl methyl sites for hydroxylation is 1. The summed E-state index contributed by atoms with van der Waals surface area (Å²) in [5, 5.41) is 22.5. The van der Waals surface area contributed by atoms with Crippen LogP contribution in [-0.4, -0.2) is 34.9 Å². The maximum absolute atomic E-state index is 11.6. The Hall–Kier alpha value is -2.08. The number of urea groups is 1. The summed E-state index contributed by atoms with van der Waals surface area (Å²) in [6, 6.07) is 6.86. The number of hydrogen-bond acceptors (Lipinski definition) is 3. The lowest BCUT2D eigenvalue weighted by Gasteiger charge is -2.12. The van der Waals surface area contributed by atoms with E-state index in [-0.39, 0.29) is 6.54 Å². The fourth-order valence-corrected chi connectivity index (χ4v) is 1.57. The van der Waals surface area contributed by atoms with Gasteiger partial charge < -0.3 is 20.8 Å². The first-order valence-electron chi connectivity index (χ1n) is 6.08. The fourth-order valence-electron chi connectivity index (χ4n) is 1.57. The largest absolute Gasteiger partial charge is 0.479 e. The Morgan fingerprint density at radius 1 is 1.32 bits per heavy atom. The molecule has 0 radical (unpaired) electrons. The number of para-hydroxylation sites is 1. The zero-order chi connectivity index (χ0) is 14.3. The Balaban J connectivity index is 2.55.